The lowest BCUT2D eigenvalue weighted by molar-refractivity contribution is -0.0506. The van der Waals surface area contributed by atoms with Crippen LogP contribution in [-0.2, 0) is 6.42 Å². The first-order valence-electron chi connectivity index (χ1n) is 9.36. The van der Waals surface area contributed by atoms with Crippen molar-refractivity contribution in [3.05, 3.63) is 77.9 Å². The van der Waals surface area contributed by atoms with E-state index in [-0.39, 0.29) is 17.4 Å². The molecule has 1 aliphatic rings. The molecule has 30 heavy (non-hydrogen) atoms. The van der Waals surface area contributed by atoms with Gasteiger partial charge in [-0.2, -0.15) is 8.78 Å². The molecule has 0 radical (unpaired) electrons. The molecule has 0 N–H and O–H groups in total. The van der Waals surface area contributed by atoms with E-state index in [4.69, 9.17) is 4.74 Å². The van der Waals surface area contributed by atoms with Crippen LogP contribution in [0.2, 0.25) is 0 Å². The van der Waals surface area contributed by atoms with Gasteiger partial charge in [-0.1, -0.05) is 18.2 Å². The van der Waals surface area contributed by atoms with Crippen LogP contribution in [0.3, 0.4) is 0 Å². The number of alkyl halides is 2. The van der Waals surface area contributed by atoms with Crippen molar-refractivity contribution >= 4 is 11.0 Å². The highest BCUT2D eigenvalue weighted by atomic mass is 19.3. The molecule has 0 amide bonds. The van der Waals surface area contributed by atoms with Gasteiger partial charge in [0.15, 0.2) is 0 Å². The molecular weight excluding hydrogens is 398 g/mol. The van der Waals surface area contributed by atoms with E-state index >= 15 is 0 Å². The predicted molar refractivity (Wildman–Crippen MR) is 102 cm³/mol. The summed E-state index contributed by atoms with van der Waals surface area (Å²) in [4.78, 5) is 8.31. The van der Waals surface area contributed by atoms with Gasteiger partial charge < -0.3 is 9.30 Å². The van der Waals surface area contributed by atoms with Gasteiger partial charge in [0.25, 0.3) is 0 Å². The summed E-state index contributed by atoms with van der Waals surface area (Å²) in [5, 5.41) is 0. The Balaban J connectivity index is 1.67. The Morgan fingerprint density at radius 2 is 1.90 bits per heavy atom. The summed E-state index contributed by atoms with van der Waals surface area (Å²) >= 11 is 0. The summed E-state index contributed by atoms with van der Waals surface area (Å²) < 4.78 is 60.7. The van der Waals surface area contributed by atoms with E-state index in [1.807, 2.05) is 4.57 Å². The summed E-state index contributed by atoms with van der Waals surface area (Å²) in [7, 11) is 0. The van der Waals surface area contributed by atoms with Gasteiger partial charge in [-0.15, -0.1) is 0 Å². The molecule has 4 aromatic rings. The van der Waals surface area contributed by atoms with Gasteiger partial charge in [-0.25, -0.2) is 13.8 Å². The van der Waals surface area contributed by atoms with Gasteiger partial charge in [0.05, 0.1) is 23.3 Å². The number of benzene rings is 2. The average Bonchev–Trinajstić information content (AvgIpc) is 3.26. The lowest BCUT2D eigenvalue weighted by atomic mass is 10.0. The number of pyridine rings is 1. The summed E-state index contributed by atoms with van der Waals surface area (Å²) in [6, 6.07) is 10.5. The molecule has 8 heteroatoms. The summed E-state index contributed by atoms with van der Waals surface area (Å²) in [6.07, 6.45) is 3.70. The van der Waals surface area contributed by atoms with E-state index in [0.29, 0.717) is 35.0 Å². The molecule has 2 aromatic heterocycles. The van der Waals surface area contributed by atoms with Crippen LogP contribution >= 0.6 is 0 Å². The monoisotopic (exact) mass is 413 g/mol. The molecule has 5 rings (SSSR count). The van der Waals surface area contributed by atoms with Gasteiger partial charge in [0.2, 0.25) is 0 Å². The molecule has 0 spiro atoms. The fraction of sp³-hybridized carbons (Fsp3) is 0.182. The SMILES string of the molecule is Fc1cncc(-c2cc3c(cc2F)nc2n3[C@H](c3ccccc3OC(F)F)CC2)c1. The number of ether oxygens (including phenoxy) is 1. The Morgan fingerprint density at radius 1 is 1.07 bits per heavy atom. The van der Waals surface area contributed by atoms with Gasteiger partial charge in [-0.05, 0) is 24.6 Å². The Hall–Kier alpha value is -3.42. The van der Waals surface area contributed by atoms with Gasteiger partial charge in [0, 0.05) is 35.4 Å². The van der Waals surface area contributed by atoms with Crippen molar-refractivity contribution in [2.24, 2.45) is 0 Å². The number of hydrogen-bond acceptors (Lipinski definition) is 3. The quantitative estimate of drug-likeness (QED) is 0.414. The molecule has 1 atom stereocenters. The number of halogens is 4. The molecule has 2 aromatic carbocycles. The molecule has 0 bridgehead atoms. The number of aryl methyl sites for hydroxylation is 1. The fourth-order valence-corrected chi connectivity index (χ4v) is 4.12. The van der Waals surface area contributed by atoms with Crippen molar-refractivity contribution in [3.8, 4) is 16.9 Å². The first kappa shape index (κ1) is 18.6. The molecule has 4 nitrogen and oxygen atoms in total. The Kier molecular flexibility index (Phi) is 4.42. The maximum Gasteiger partial charge on any atom is 0.387 e. The molecule has 0 saturated heterocycles. The van der Waals surface area contributed by atoms with Crippen LogP contribution in [-0.4, -0.2) is 21.1 Å². The van der Waals surface area contributed by atoms with Crippen LogP contribution in [0.4, 0.5) is 17.6 Å². The first-order chi connectivity index (χ1) is 14.5. The van der Waals surface area contributed by atoms with Crippen molar-refractivity contribution in [2.75, 3.05) is 0 Å². The van der Waals surface area contributed by atoms with Crippen LogP contribution < -0.4 is 4.74 Å². The molecule has 3 heterocycles. The highest BCUT2D eigenvalue weighted by Crippen LogP contribution is 2.40. The van der Waals surface area contributed by atoms with Crippen LogP contribution in [0.15, 0.2) is 54.9 Å². The average molecular weight is 413 g/mol. The highest BCUT2D eigenvalue weighted by molar-refractivity contribution is 5.83. The number of para-hydroxylation sites is 1. The molecule has 0 saturated carbocycles. The summed E-state index contributed by atoms with van der Waals surface area (Å²) in [5.41, 5.74) is 2.20. The number of fused-ring (bicyclic) bond motifs is 3. The third-order valence-corrected chi connectivity index (χ3v) is 5.31. The standard InChI is InChI=1S/C22H15F4N3O/c23-13-7-12(10-27-11-13)15-8-19-17(9-16(15)24)28-21-6-5-18(29(19)21)14-3-1-2-4-20(14)30-22(25)26/h1-4,7-11,18,22H,5-6H2/t18-/m0/s1. The maximum absolute atomic E-state index is 14.7. The third-order valence-electron chi connectivity index (χ3n) is 5.31. The predicted octanol–water partition coefficient (Wildman–Crippen LogP) is 5.51. The zero-order valence-corrected chi connectivity index (χ0v) is 15.5. The topological polar surface area (TPSA) is 39.9 Å². The molecule has 0 unspecified atom stereocenters. The van der Waals surface area contributed by atoms with E-state index < -0.39 is 18.2 Å². The lowest BCUT2D eigenvalue weighted by Gasteiger charge is -2.19. The fourth-order valence-electron chi connectivity index (χ4n) is 4.12. The van der Waals surface area contributed by atoms with E-state index in [0.717, 1.165) is 12.0 Å². The second-order valence-corrected chi connectivity index (χ2v) is 7.08. The number of aromatic nitrogens is 3. The Labute approximate surface area is 168 Å². The van der Waals surface area contributed by atoms with Crippen molar-refractivity contribution in [1.82, 2.24) is 14.5 Å². The maximum atomic E-state index is 14.7. The number of hydrogen-bond donors (Lipinski definition) is 0. The normalized spacial score (nSPS) is 15.7. The van der Waals surface area contributed by atoms with Crippen molar-refractivity contribution in [1.29, 1.82) is 0 Å². The minimum atomic E-state index is -2.94. The summed E-state index contributed by atoms with van der Waals surface area (Å²) in [6.45, 7) is -2.94. The zero-order valence-electron chi connectivity index (χ0n) is 15.5. The number of imidazole rings is 1. The van der Waals surface area contributed by atoms with Crippen LogP contribution in [0.1, 0.15) is 23.9 Å². The number of rotatable bonds is 4. The Morgan fingerprint density at radius 3 is 2.70 bits per heavy atom. The third kappa shape index (κ3) is 3.08. The van der Waals surface area contributed by atoms with Gasteiger partial charge in [0.1, 0.15) is 23.2 Å². The largest absolute Gasteiger partial charge is 0.434 e. The Bertz CT molecular complexity index is 1250. The van der Waals surface area contributed by atoms with Gasteiger partial charge in [-0.3, -0.25) is 4.98 Å². The highest BCUT2D eigenvalue weighted by Gasteiger charge is 2.30. The van der Waals surface area contributed by atoms with Gasteiger partial charge >= 0.3 is 6.61 Å². The lowest BCUT2D eigenvalue weighted by Crippen LogP contribution is -2.10. The minimum Gasteiger partial charge on any atom is -0.434 e. The molecule has 0 fully saturated rings. The van der Waals surface area contributed by atoms with E-state index in [2.05, 4.69) is 9.97 Å². The van der Waals surface area contributed by atoms with E-state index in [1.54, 1.807) is 24.3 Å². The van der Waals surface area contributed by atoms with E-state index in [9.17, 15) is 17.6 Å². The smallest absolute Gasteiger partial charge is 0.387 e. The van der Waals surface area contributed by atoms with Crippen LogP contribution in [0, 0.1) is 11.6 Å². The van der Waals surface area contributed by atoms with E-state index in [1.165, 1.54) is 24.4 Å². The summed E-state index contributed by atoms with van der Waals surface area (Å²) in [5.74, 6) is -0.272. The molecule has 152 valence electrons. The number of nitrogens with zero attached hydrogens (tertiary/aromatic N) is 3. The first-order valence-corrected chi connectivity index (χ1v) is 9.36. The zero-order chi connectivity index (χ0) is 20.8. The van der Waals surface area contributed by atoms with Crippen LogP contribution in [0.25, 0.3) is 22.2 Å². The van der Waals surface area contributed by atoms with Crippen molar-refractivity contribution in [3.63, 3.8) is 0 Å². The molecule has 0 aliphatic carbocycles. The van der Waals surface area contributed by atoms with Crippen molar-refractivity contribution < 1.29 is 22.3 Å². The van der Waals surface area contributed by atoms with Crippen molar-refractivity contribution in [2.45, 2.75) is 25.5 Å². The molecule has 1 aliphatic heterocycles. The second kappa shape index (κ2) is 7.12. The second-order valence-electron chi connectivity index (χ2n) is 7.08. The minimum absolute atomic E-state index is 0.101. The van der Waals surface area contributed by atoms with Crippen LogP contribution in [0.5, 0.6) is 5.75 Å². The molecular formula is C22H15F4N3O.